The van der Waals surface area contributed by atoms with Gasteiger partial charge in [0.1, 0.15) is 5.82 Å². The van der Waals surface area contributed by atoms with Gasteiger partial charge in [0.15, 0.2) is 5.69 Å². The normalized spacial score (nSPS) is 15.1. The van der Waals surface area contributed by atoms with E-state index in [0.717, 1.165) is 18.9 Å². The molecular weight excluding hydrogens is 297 g/mol. The lowest BCUT2D eigenvalue weighted by atomic mass is 10.3. The molecule has 0 saturated heterocycles. The first kappa shape index (κ1) is 14.8. The number of likely N-dealkylation sites (N-methyl/N-ethyl adjacent to an activating group) is 1. The van der Waals surface area contributed by atoms with Gasteiger partial charge >= 0.3 is 6.18 Å². The predicted octanol–water partition coefficient (Wildman–Crippen LogP) is 1.86. The van der Waals surface area contributed by atoms with Gasteiger partial charge in [-0.15, -0.1) is 0 Å². The van der Waals surface area contributed by atoms with Crippen molar-refractivity contribution in [3.05, 3.63) is 17.0 Å². The number of carbonyl (C=O) groups excluding carboxylic acids is 1. The standard InChI is InChI=1S/C11H12ClF3N4O/c1-19(5-9(20)16-6-2-3-6)8-4-7(11(13,14)15)17-10(12)18-8/h4,6H,2-3,5H2,1H3,(H,16,20). The van der Waals surface area contributed by atoms with Crippen molar-refractivity contribution in [1.29, 1.82) is 0 Å². The van der Waals surface area contributed by atoms with Crippen LogP contribution in [0.25, 0.3) is 0 Å². The highest BCUT2D eigenvalue weighted by atomic mass is 35.5. The maximum absolute atomic E-state index is 12.6. The smallest absolute Gasteiger partial charge is 0.352 e. The van der Waals surface area contributed by atoms with Crippen LogP contribution in [0.3, 0.4) is 0 Å². The second kappa shape index (κ2) is 5.43. The number of halogens is 4. The third-order valence-corrected chi connectivity index (χ3v) is 2.86. The van der Waals surface area contributed by atoms with Gasteiger partial charge in [0, 0.05) is 19.2 Å². The number of nitrogens with one attached hydrogen (secondary N) is 1. The van der Waals surface area contributed by atoms with Gasteiger partial charge in [0.05, 0.1) is 6.54 Å². The summed E-state index contributed by atoms with van der Waals surface area (Å²) in [5, 5.41) is 2.22. The summed E-state index contributed by atoms with van der Waals surface area (Å²) < 4.78 is 37.8. The molecule has 0 unspecified atom stereocenters. The summed E-state index contributed by atoms with van der Waals surface area (Å²) in [6.45, 7) is -0.0961. The van der Waals surface area contributed by atoms with E-state index in [-0.39, 0.29) is 24.3 Å². The Morgan fingerprint density at radius 2 is 2.15 bits per heavy atom. The van der Waals surface area contributed by atoms with E-state index in [2.05, 4.69) is 15.3 Å². The van der Waals surface area contributed by atoms with Crippen LogP contribution in [0.2, 0.25) is 5.28 Å². The fraction of sp³-hybridized carbons (Fsp3) is 0.545. The summed E-state index contributed by atoms with van der Waals surface area (Å²) in [5.41, 5.74) is -1.14. The van der Waals surface area contributed by atoms with E-state index in [1.165, 1.54) is 11.9 Å². The Hall–Kier alpha value is -1.57. The third-order valence-electron chi connectivity index (χ3n) is 2.69. The molecule has 2 rings (SSSR count). The van der Waals surface area contributed by atoms with Gasteiger partial charge in [-0.05, 0) is 24.4 Å². The average Bonchev–Trinajstić information content (AvgIpc) is 3.10. The van der Waals surface area contributed by atoms with E-state index >= 15 is 0 Å². The van der Waals surface area contributed by atoms with Gasteiger partial charge in [0.2, 0.25) is 11.2 Å². The monoisotopic (exact) mass is 308 g/mol. The van der Waals surface area contributed by atoms with Crippen LogP contribution in [0.15, 0.2) is 6.07 Å². The number of amides is 1. The van der Waals surface area contributed by atoms with Crippen molar-refractivity contribution in [2.24, 2.45) is 0 Å². The Bertz CT molecular complexity index is 519. The number of carbonyl (C=O) groups is 1. The largest absolute Gasteiger partial charge is 0.433 e. The van der Waals surface area contributed by atoms with Gasteiger partial charge < -0.3 is 10.2 Å². The summed E-state index contributed by atoms with van der Waals surface area (Å²) in [6, 6.07) is 0.951. The Balaban J connectivity index is 2.10. The Labute approximate surface area is 118 Å². The molecule has 1 saturated carbocycles. The molecular formula is C11H12ClF3N4O. The molecule has 110 valence electrons. The number of rotatable bonds is 4. The molecule has 1 fully saturated rings. The highest BCUT2D eigenvalue weighted by molar-refractivity contribution is 6.28. The molecule has 1 N–H and O–H groups in total. The minimum absolute atomic E-state index is 0.0525. The Morgan fingerprint density at radius 3 is 2.70 bits per heavy atom. The van der Waals surface area contributed by atoms with Crippen LogP contribution in [-0.2, 0) is 11.0 Å². The highest BCUT2D eigenvalue weighted by Gasteiger charge is 2.34. The van der Waals surface area contributed by atoms with Crippen LogP contribution >= 0.6 is 11.6 Å². The van der Waals surface area contributed by atoms with Gasteiger partial charge in [-0.3, -0.25) is 4.79 Å². The number of anilines is 1. The van der Waals surface area contributed by atoms with Crippen molar-refractivity contribution in [2.45, 2.75) is 25.1 Å². The van der Waals surface area contributed by atoms with Crippen LogP contribution in [-0.4, -0.2) is 35.5 Å². The first-order valence-electron chi connectivity index (χ1n) is 5.88. The van der Waals surface area contributed by atoms with Crippen molar-refractivity contribution in [3.8, 4) is 0 Å². The van der Waals surface area contributed by atoms with Gasteiger partial charge in [-0.25, -0.2) is 9.97 Å². The molecule has 1 aliphatic rings. The molecule has 1 heterocycles. The number of aromatic nitrogens is 2. The number of alkyl halides is 3. The van der Waals surface area contributed by atoms with Crippen LogP contribution in [0.4, 0.5) is 19.0 Å². The molecule has 1 aliphatic carbocycles. The number of nitrogens with zero attached hydrogens (tertiary/aromatic N) is 3. The summed E-state index contributed by atoms with van der Waals surface area (Å²) in [5.74, 6) is -0.318. The SMILES string of the molecule is CN(CC(=O)NC1CC1)c1cc(C(F)(F)F)nc(Cl)n1. The zero-order chi connectivity index (χ0) is 14.9. The maximum Gasteiger partial charge on any atom is 0.433 e. The zero-order valence-corrected chi connectivity index (χ0v) is 11.3. The van der Waals surface area contributed by atoms with E-state index in [1.807, 2.05) is 0 Å². The van der Waals surface area contributed by atoms with E-state index in [4.69, 9.17) is 11.6 Å². The van der Waals surface area contributed by atoms with E-state index in [9.17, 15) is 18.0 Å². The molecule has 1 amide bonds. The lowest BCUT2D eigenvalue weighted by molar-refractivity contribution is -0.141. The van der Waals surface area contributed by atoms with Gasteiger partial charge in [-0.2, -0.15) is 13.2 Å². The van der Waals surface area contributed by atoms with E-state index in [0.29, 0.717) is 0 Å². The summed E-state index contributed by atoms with van der Waals surface area (Å²) in [7, 11) is 1.46. The first-order chi connectivity index (χ1) is 9.25. The zero-order valence-electron chi connectivity index (χ0n) is 10.5. The molecule has 0 aliphatic heterocycles. The number of hydrogen-bond acceptors (Lipinski definition) is 4. The van der Waals surface area contributed by atoms with Crippen LogP contribution in [0, 0.1) is 0 Å². The summed E-state index contributed by atoms with van der Waals surface area (Å²) in [6.07, 6.45) is -2.74. The van der Waals surface area contributed by atoms with Crippen molar-refractivity contribution < 1.29 is 18.0 Å². The first-order valence-corrected chi connectivity index (χ1v) is 6.26. The molecule has 1 aromatic heterocycles. The van der Waals surface area contributed by atoms with Crippen LogP contribution < -0.4 is 10.2 Å². The van der Waals surface area contributed by atoms with Gasteiger partial charge in [-0.1, -0.05) is 0 Å². The third kappa shape index (κ3) is 3.96. The molecule has 20 heavy (non-hydrogen) atoms. The van der Waals surface area contributed by atoms with Crippen molar-refractivity contribution >= 4 is 23.3 Å². The summed E-state index contributed by atoms with van der Waals surface area (Å²) >= 11 is 5.48. The second-order valence-corrected chi connectivity index (χ2v) is 4.91. The molecule has 0 aromatic carbocycles. The topological polar surface area (TPSA) is 58.1 Å². The van der Waals surface area contributed by atoms with Crippen molar-refractivity contribution in [3.63, 3.8) is 0 Å². The molecule has 0 atom stereocenters. The predicted molar refractivity (Wildman–Crippen MR) is 66.5 cm³/mol. The van der Waals surface area contributed by atoms with Crippen molar-refractivity contribution in [2.75, 3.05) is 18.5 Å². The van der Waals surface area contributed by atoms with E-state index in [1.54, 1.807) is 0 Å². The maximum atomic E-state index is 12.6. The minimum Gasteiger partial charge on any atom is -0.352 e. The average molecular weight is 309 g/mol. The lowest BCUT2D eigenvalue weighted by Gasteiger charge is -2.18. The molecule has 0 bridgehead atoms. The highest BCUT2D eigenvalue weighted by Crippen LogP contribution is 2.30. The van der Waals surface area contributed by atoms with Crippen LogP contribution in [0.5, 0.6) is 0 Å². The quantitative estimate of drug-likeness (QED) is 0.863. The molecule has 9 heteroatoms. The molecule has 5 nitrogen and oxygen atoms in total. The van der Waals surface area contributed by atoms with Crippen LogP contribution in [0.1, 0.15) is 18.5 Å². The fourth-order valence-electron chi connectivity index (χ4n) is 1.54. The second-order valence-electron chi connectivity index (χ2n) is 4.58. The fourth-order valence-corrected chi connectivity index (χ4v) is 1.72. The molecule has 0 spiro atoms. The molecule has 0 radical (unpaired) electrons. The number of hydrogen-bond donors (Lipinski definition) is 1. The summed E-state index contributed by atoms with van der Waals surface area (Å²) in [4.78, 5) is 19.7. The molecule has 1 aromatic rings. The van der Waals surface area contributed by atoms with Gasteiger partial charge in [0.25, 0.3) is 0 Å². The minimum atomic E-state index is -4.61. The Morgan fingerprint density at radius 1 is 1.50 bits per heavy atom. The lowest BCUT2D eigenvalue weighted by Crippen LogP contribution is -2.36. The Kier molecular flexibility index (Phi) is 4.03. The van der Waals surface area contributed by atoms with Crippen molar-refractivity contribution in [1.82, 2.24) is 15.3 Å². The van der Waals surface area contributed by atoms with E-state index < -0.39 is 17.2 Å².